The fourth-order valence-corrected chi connectivity index (χ4v) is 2.97. The summed E-state index contributed by atoms with van der Waals surface area (Å²) >= 11 is 0. The van der Waals surface area contributed by atoms with Gasteiger partial charge in [-0.25, -0.2) is 0 Å². The summed E-state index contributed by atoms with van der Waals surface area (Å²) < 4.78 is 16.0. The van der Waals surface area contributed by atoms with E-state index in [9.17, 15) is 4.79 Å². The molecular weight excluding hydrogens is 342 g/mol. The van der Waals surface area contributed by atoms with Gasteiger partial charge in [-0.2, -0.15) is 0 Å². The molecular formula is C22H27NO4. The predicted octanol–water partition coefficient (Wildman–Crippen LogP) is 4.32. The molecule has 27 heavy (non-hydrogen) atoms. The average molecular weight is 369 g/mol. The molecule has 144 valence electrons. The van der Waals surface area contributed by atoms with Crippen LogP contribution in [0.4, 0.5) is 0 Å². The summed E-state index contributed by atoms with van der Waals surface area (Å²) in [5.74, 6) is 1.91. The minimum Gasteiger partial charge on any atom is -0.496 e. The van der Waals surface area contributed by atoms with E-state index in [1.807, 2.05) is 37.3 Å². The molecule has 0 fully saturated rings. The van der Waals surface area contributed by atoms with Gasteiger partial charge in [-0.05, 0) is 54.3 Å². The van der Waals surface area contributed by atoms with Crippen LogP contribution in [0.1, 0.15) is 40.9 Å². The Balaban J connectivity index is 2.24. The summed E-state index contributed by atoms with van der Waals surface area (Å²) in [4.78, 5) is 12.8. The molecule has 5 heteroatoms. The molecule has 5 nitrogen and oxygen atoms in total. The molecule has 0 heterocycles. The first-order chi connectivity index (χ1) is 13.1. The quantitative estimate of drug-likeness (QED) is 0.669. The second-order valence-corrected chi connectivity index (χ2v) is 6.07. The number of amides is 1. The average Bonchev–Trinajstić information content (AvgIpc) is 2.71. The molecule has 0 bridgehead atoms. The van der Waals surface area contributed by atoms with E-state index in [0.29, 0.717) is 23.5 Å². The normalized spacial score (nSPS) is 11.4. The summed E-state index contributed by atoms with van der Waals surface area (Å²) in [6.07, 6.45) is 3.17. The molecule has 0 aliphatic heterocycles. The zero-order valence-electron chi connectivity index (χ0n) is 16.4. The third-order valence-electron chi connectivity index (χ3n) is 4.43. The van der Waals surface area contributed by atoms with Crippen molar-refractivity contribution in [3.63, 3.8) is 0 Å². The van der Waals surface area contributed by atoms with Crippen molar-refractivity contribution >= 4 is 5.91 Å². The highest BCUT2D eigenvalue weighted by Crippen LogP contribution is 2.31. The number of allylic oxidation sites excluding steroid dienone is 1. The number of nitrogens with one attached hydrogen (secondary N) is 1. The zero-order valence-corrected chi connectivity index (χ0v) is 16.4. The van der Waals surface area contributed by atoms with Gasteiger partial charge in [-0.1, -0.05) is 19.1 Å². The van der Waals surface area contributed by atoms with Gasteiger partial charge in [0.1, 0.15) is 5.75 Å². The Morgan fingerprint density at radius 3 is 2.30 bits per heavy atom. The maximum absolute atomic E-state index is 12.8. The summed E-state index contributed by atoms with van der Waals surface area (Å²) in [7, 11) is 4.81. The molecule has 0 aliphatic rings. The minimum absolute atomic E-state index is 0.135. The van der Waals surface area contributed by atoms with E-state index in [2.05, 4.69) is 11.9 Å². The first kappa shape index (κ1) is 20.4. The molecule has 1 atom stereocenters. The molecule has 0 saturated heterocycles. The maximum atomic E-state index is 12.8. The zero-order chi connectivity index (χ0) is 19.8. The molecule has 0 saturated carbocycles. The first-order valence-electron chi connectivity index (χ1n) is 8.88. The molecule has 0 radical (unpaired) electrons. The number of carbonyl (C=O) groups excluding carboxylic acids is 1. The third kappa shape index (κ3) is 4.82. The summed E-state index contributed by atoms with van der Waals surface area (Å²) in [6, 6.07) is 11.0. The van der Waals surface area contributed by atoms with Crippen LogP contribution in [0.15, 0.2) is 49.1 Å². The highest BCUT2D eigenvalue weighted by atomic mass is 16.5. The molecule has 0 spiro atoms. The van der Waals surface area contributed by atoms with E-state index in [1.54, 1.807) is 33.5 Å². The Kier molecular flexibility index (Phi) is 7.29. The van der Waals surface area contributed by atoms with Gasteiger partial charge < -0.3 is 19.5 Å². The molecule has 2 aromatic carbocycles. The van der Waals surface area contributed by atoms with E-state index in [0.717, 1.165) is 23.3 Å². The smallest absolute Gasteiger partial charge is 0.251 e. The molecule has 1 amide bonds. The molecule has 1 N–H and O–H groups in total. The van der Waals surface area contributed by atoms with E-state index < -0.39 is 0 Å². The standard InChI is InChI=1S/C22H27NO4/c1-6-8-16-13-17(10-11-19(16)25-3)22(24)23-18(7-2)15-9-12-20(26-4)21(14-15)27-5/h6,9-14,18H,1,7-8H2,2-5H3,(H,23,24)/t18-/m1/s1. The van der Waals surface area contributed by atoms with Crippen molar-refractivity contribution in [3.8, 4) is 17.2 Å². The Morgan fingerprint density at radius 2 is 1.70 bits per heavy atom. The van der Waals surface area contributed by atoms with E-state index >= 15 is 0 Å². The van der Waals surface area contributed by atoms with Crippen LogP contribution in [0, 0.1) is 0 Å². The second kappa shape index (κ2) is 9.67. The number of hydrogen-bond acceptors (Lipinski definition) is 4. The fourth-order valence-electron chi connectivity index (χ4n) is 2.97. The second-order valence-electron chi connectivity index (χ2n) is 6.07. The van der Waals surface area contributed by atoms with Crippen molar-refractivity contribution < 1.29 is 19.0 Å². The number of carbonyl (C=O) groups is 1. The summed E-state index contributed by atoms with van der Waals surface area (Å²) in [5, 5.41) is 3.09. The van der Waals surface area contributed by atoms with Crippen molar-refractivity contribution in [3.05, 3.63) is 65.7 Å². The Labute approximate surface area is 161 Å². The lowest BCUT2D eigenvalue weighted by Crippen LogP contribution is -2.28. The van der Waals surface area contributed by atoms with Crippen LogP contribution in [0.3, 0.4) is 0 Å². The number of ether oxygens (including phenoxy) is 3. The van der Waals surface area contributed by atoms with Crippen molar-refractivity contribution in [2.24, 2.45) is 0 Å². The maximum Gasteiger partial charge on any atom is 0.251 e. The summed E-state index contributed by atoms with van der Waals surface area (Å²) in [5.41, 5.74) is 2.48. The van der Waals surface area contributed by atoms with Crippen LogP contribution in [0.2, 0.25) is 0 Å². The molecule has 0 aromatic heterocycles. The van der Waals surface area contributed by atoms with Crippen LogP contribution in [-0.4, -0.2) is 27.2 Å². The van der Waals surface area contributed by atoms with Gasteiger partial charge in [0, 0.05) is 5.56 Å². The fraction of sp³-hybridized carbons (Fsp3) is 0.318. The molecule has 2 rings (SSSR count). The van der Waals surface area contributed by atoms with Gasteiger partial charge in [-0.15, -0.1) is 6.58 Å². The first-order valence-corrected chi connectivity index (χ1v) is 8.88. The predicted molar refractivity (Wildman–Crippen MR) is 107 cm³/mol. The topological polar surface area (TPSA) is 56.8 Å². The number of benzene rings is 2. The molecule has 0 unspecified atom stereocenters. The van der Waals surface area contributed by atoms with E-state index in [4.69, 9.17) is 14.2 Å². The molecule has 2 aromatic rings. The van der Waals surface area contributed by atoms with Gasteiger partial charge in [0.05, 0.1) is 27.4 Å². The van der Waals surface area contributed by atoms with Crippen molar-refractivity contribution in [2.45, 2.75) is 25.8 Å². The summed E-state index contributed by atoms with van der Waals surface area (Å²) in [6.45, 7) is 5.79. The largest absolute Gasteiger partial charge is 0.496 e. The van der Waals surface area contributed by atoms with Gasteiger partial charge in [0.15, 0.2) is 11.5 Å². The van der Waals surface area contributed by atoms with Crippen molar-refractivity contribution in [1.29, 1.82) is 0 Å². The van der Waals surface area contributed by atoms with Crippen LogP contribution >= 0.6 is 0 Å². The highest BCUT2D eigenvalue weighted by molar-refractivity contribution is 5.94. The monoisotopic (exact) mass is 369 g/mol. The van der Waals surface area contributed by atoms with E-state index in [1.165, 1.54) is 0 Å². The molecule has 0 aliphatic carbocycles. The number of hydrogen-bond donors (Lipinski definition) is 1. The van der Waals surface area contributed by atoms with Crippen molar-refractivity contribution in [1.82, 2.24) is 5.32 Å². The Bertz CT molecular complexity index is 801. The van der Waals surface area contributed by atoms with Gasteiger partial charge in [-0.3, -0.25) is 4.79 Å². The van der Waals surface area contributed by atoms with Crippen LogP contribution in [0.5, 0.6) is 17.2 Å². The van der Waals surface area contributed by atoms with Crippen LogP contribution in [0.25, 0.3) is 0 Å². The van der Waals surface area contributed by atoms with Gasteiger partial charge in [0.25, 0.3) is 5.91 Å². The van der Waals surface area contributed by atoms with Gasteiger partial charge in [0.2, 0.25) is 0 Å². The third-order valence-corrected chi connectivity index (χ3v) is 4.43. The number of rotatable bonds is 9. The minimum atomic E-state index is -0.137. The lowest BCUT2D eigenvalue weighted by molar-refractivity contribution is 0.0935. The Morgan fingerprint density at radius 1 is 1.04 bits per heavy atom. The number of methoxy groups -OCH3 is 3. The van der Waals surface area contributed by atoms with Crippen LogP contribution in [-0.2, 0) is 6.42 Å². The van der Waals surface area contributed by atoms with Gasteiger partial charge >= 0.3 is 0 Å². The van der Waals surface area contributed by atoms with Crippen LogP contribution < -0.4 is 19.5 Å². The SMILES string of the molecule is C=CCc1cc(C(=O)N[C@H](CC)c2ccc(OC)c(OC)c2)ccc1OC. The lowest BCUT2D eigenvalue weighted by atomic mass is 10.0. The highest BCUT2D eigenvalue weighted by Gasteiger charge is 2.17. The van der Waals surface area contributed by atoms with E-state index in [-0.39, 0.29) is 11.9 Å². The van der Waals surface area contributed by atoms with Crippen molar-refractivity contribution in [2.75, 3.05) is 21.3 Å². The Hall–Kier alpha value is -2.95. The lowest BCUT2D eigenvalue weighted by Gasteiger charge is -2.19.